The van der Waals surface area contributed by atoms with E-state index in [0.29, 0.717) is 6.42 Å². The van der Waals surface area contributed by atoms with Gasteiger partial charge in [-0.2, -0.15) is 5.10 Å². The van der Waals surface area contributed by atoms with Crippen LogP contribution in [0.3, 0.4) is 0 Å². The van der Waals surface area contributed by atoms with Crippen LogP contribution in [0, 0.1) is 0 Å². The van der Waals surface area contributed by atoms with E-state index in [4.69, 9.17) is 5.73 Å². The van der Waals surface area contributed by atoms with Crippen LogP contribution in [0.2, 0.25) is 0 Å². The number of nitrogens with zero attached hydrogens (tertiary/aromatic N) is 1. The fraction of sp³-hybridized carbons (Fsp3) is 0.500. The van der Waals surface area contributed by atoms with Crippen LogP contribution in [0.1, 0.15) is 12.0 Å². The van der Waals surface area contributed by atoms with Gasteiger partial charge in [-0.05, 0) is 18.4 Å². The summed E-state index contributed by atoms with van der Waals surface area (Å²) in [7, 11) is 1.33. The van der Waals surface area contributed by atoms with Crippen LogP contribution < -0.4 is 5.73 Å². The number of carbonyl (C=O) groups excluding carboxylic acids is 1. The highest BCUT2D eigenvalue weighted by Gasteiger charge is 2.13. The summed E-state index contributed by atoms with van der Waals surface area (Å²) < 4.78 is 4.49. The standard InChI is InChI=1S/C8H13N3O2.2ClH/c1-13-8(12)7(9)3-2-6-4-10-11-5-6;;/h4-5,7H,2-3,9H2,1H3,(H,10,11);2*1H. The maximum absolute atomic E-state index is 10.9. The van der Waals surface area contributed by atoms with Crippen molar-refractivity contribution in [2.75, 3.05) is 7.11 Å². The molecule has 0 saturated heterocycles. The first-order chi connectivity index (χ1) is 6.24. The zero-order valence-electron chi connectivity index (χ0n) is 8.30. The molecule has 0 aliphatic heterocycles. The molecule has 7 heteroatoms. The van der Waals surface area contributed by atoms with E-state index in [2.05, 4.69) is 14.9 Å². The van der Waals surface area contributed by atoms with E-state index in [9.17, 15) is 4.79 Å². The van der Waals surface area contributed by atoms with E-state index >= 15 is 0 Å². The summed E-state index contributed by atoms with van der Waals surface area (Å²) in [5.41, 5.74) is 6.58. The number of aryl methyl sites for hydroxylation is 1. The highest BCUT2D eigenvalue weighted by Crippen LogP contribution is 2.01. The van der Waals surface area contributed by atoms with Crippen molar-refractivity contribution >= 4 is 30.8 Å². The first-order valence-corrected chi connectivity index (χ1v) is 4.05. The molecule has 0 aliphatic carbocycles. The van der Waals surface area contributed by atoms with Crippen molar-refractivity contribution in [1.82, 2.24) is 10.2 Å². The highest BCUT2D eigenvalue weighted by atomic mass is 35.5. The second kappa shape index (κ2) is 8.52. The largest absolute Gasteiger partial charge is 0.468 e. The third-order valence-corrected chi connectivity index (χ3v) is 1.80. The lowest BCUT2D eigenvalue weighted by atomic mass is 10.1. The van der Waals surface area contributed by atoms with Crippen molar-refractivity contribution in [2.45, 2.75) is 18.9 Å². The van der Waals surface area contributed by atoms with Crippen LogP contribution in [0.15, 0.2) is 12.4 Å². The topological polar surface area (TPSA) is 81.0 Å². The number of nitrogens with two attached hydrogens (primary N) is 1. The Bertz CT molecular complexity index is 267. The average molecular weight is 256 g/mol. The SMILES string of the molecule is COC(=O)C(N)CCc1cn[nH]c1.Cl.Cl. The molecule has 5 nitrogen and oxygen atoms in total. The first-order valence-electron chi connectivity index (χ1n) is 4.05. The molecule has 0 aliphatic rings. The minimum Gasteiger partial charge on any atom is -0.468 e. The normalized spacial score (nSPS) is 10.8. The lowest BCUT2D eigenvalue weighted by Gasteiger charge is -2.07. The highest BCUT2D eigenvalue weighted by molar-refractivity contribution is 5.85. The van der Waals surface area contributed by atoms with Gasteiger partial charge in [0, 0.05) is 6.20 Å². The van der Waals surface area contributed by atoms with Crippen molar-refractivity contribution in [3.8, 4) is 0 Å². The molecule has 1 rings (SSSR count). The van der Waals surface area contributed by atoms with Gasteiger partial charge in [-0.3, -0.25) is 9.89 Å². The van der Waals surface area contributed by atoms with Crippen molar-refractivity contribution in [3.63, 3.8) is 0 Å². The molecule has 15 heavy (non-hydrogen) atoms. The number of nitrogens with one attached hydrogen (secondary N) is 1. The Morgan fingerprint density at radius 3 is 2.80 bits per heavy atom. The Kier molecular flexibility index (Phi) is 9.46. The van der Waals surface area contributed by atoms with E-state index in [1.807, 2.05) is 0 Å². The van der Waals surface area contributed by atoms with Gasteiger partial charge in [0.05, 0.1) is 13.3 Å². The Labute approximate surface area is 101 Å². The summed E-state index contributed by atoms with van der Waals surface area (Å²) in [4.78, 5) is 10.9. The van der Waals surface area contributed by atoms with Gasteiger partial charge in [0.25, 0.3) is 0 Å². The number of H-pyrrole nitrogens is 1. The van der Waals surface area contributed by atoms with Crippen LogP contribution in [0.5, 0.6) is 0 Å². The third-order valence-electron chi connectivity index (χ3n) is 1.80. The predicted octanol–water partition coefficient (Wildman–Crippen LogP) is 0.686. The summed E-state index contributed by atoms with van der Waals surface area (Å²) in [5.74, 6) is -0.372. The molecular weight excluding hydrogens is 241 g/mol. The molecule has 0 amide bonds. The number of rotatable bonds is 4. The molecule has 1 heterocycles. The quantitative estimate of drug-likeness (QED) is 0.776. The summed E-state index contributed by atoms with van der Waals surface area (Å²) in [6, 6.07) is -0.542. The molecule has 3 N–H and O–H groups in total. The number of ether oxygens (including phenoxy) is 1. The van der Waals surface area contributed by atoms with Crippen LogP contribution in [-0.2, 0) is 16.0 Å². The molecule has 1 aromatic heterocycles. The second-order valence-corrected chi connectivity index (χ2v) is 2.77. The lowest BCUT2D eigenvalue weighted by molar-refractivity contribution is -0.142. The Hall–Kier alpha value is -0.780. The Balaban J connectivity index is 0. The number of esters is 1. The number of hydrogen-bond donors (Lipinski definition) is 2. The minimum atomic E-state index is -0.542. The van der Waals surface area contributed by atoms with E-state index in [-0.39, 0.29) is 30.8 Å². The summed E-state index contributed by atoms with van der Waals surface area (Å²) >= 11 is 0. The number of hydrogen-bond acceptors (Lipinski definition) is 4. The van der Waals surface area contributed by atoms with E-state index < -0.39 is 6.04 Å². The van der Waals surface area contributed by atoms with Gasteiger partial charge < -0.3 is 10.5 Å². The van der Waals surface area contributed by atoms with E-state index in [0.717, 1.165) is 12.0 Å². The number of methoxy groups -OCH3 is 1. The van der Waals surface area contributed by atoms with Crippen molar-refractivity contribution in [1.29, 1.82) is 0 Å². The summed E-state index contributed by atoms with van der Waals surface area (Å²) in [6.07, 6.45) is 4.80. The fourth-order valence-electron chi connectivity index (χ4n) is 1.01. The predicted molar refractivity (Wildman–Crippen MR) is 61.4 cm³/mol. The number of aromatic amines is 1. The molecule has 0 fully saturated rings. The first kappa shape index (κ1) is 16.6. The molecule has 1 atom stereocenters. The molecular formula is C8H15Cl2N3O2. The van der Waals surface area contributed by atoms with E-state index in [1.165, 1.54) is 7.11 Å². The van der Waals surface area contributed by atoms with Gasteiger partial charge >= 0.3 is 5.97 Å². The minimum absolute atomic E-state index is 0. The van der Waals surface area contributed by atoms with Gasteiger partial charge in [0.15, 0.2) is 0 Å². The van der Waals surface area contributed by atoms with Gasteiger partial charge in [0.2, 0.25) is 0 Å². The average Bonchev–Trinajstić information content (AvgIpc) is 2.65. The second-order valence-electron chi connectivity index (χ2n) is 2.77. The van der Waals surface area contributed by atoms with Crippen molar-refractivity contribution in [3.05, 3.63) is 18.0 Å². The fourth-order valence-corrected chi connectivity index (χ4v) is 1.01. The van der Waals surface area contributed by atoms with Crippen LogP contribution in [-0.4, -0.2) is 29.3 Å². The molecule has 0 bridgehead atoms. The molecule has 88 valence electrons. The molecule has 0 saturated carbocycles. The summed E-state index contributed by atoms with van der Waals surface area (Å²) in [5, 5.41) is 6.47. The molecule has 0 aromatic carbocycles. The van der Waals surface area contributed by atoms with Crippen molar-refractivity contribution in [2.24, 2.45) is 5.73 Å². The molecule has 0 spiro atoms. The number of halogens is 2. The number of aromatic nitrogens is 2. The summed E-state index contributed by atoms with van der Waals surface area (Å²) in [6.45, 7) is 0. The van der Waals surface area contributed by atoms with Crippen LogP contribution >= 0.6 is 24.8 Å². The Morgan fingerprint density at radius 2 is 2.33 bits per heavy atom. The smallest absolute Gasteiger partial charge is 0.322 e. The maximum atomic E-state index is 10.9. The van der Waals surface area contributed by atoms with Crippen LogP contribution in [0.4, 0.5) is 0 Å². The number of carbonyl (C=O) groups is 1. The van der Waals surface area contributed by atoms with Gasteiger partial charge in [-0.1, -0.05) is 0 Å². The monoisotopic (exact) mass is 255 g/mol. The molecule has 1 unspecified atom stereocenters. The molecule has 0 radical (unpaired) electrons. The lowest BCUT2D eigenvalue weighted by Crippen LogP contribution is -2.31. The molecule has 1 aromatic rings. The third kappa shape index (κ3) is 5.61. The Morgan fingerprint density at radius 1 is 1.67 bits per heavy atom. The van der Waals surface area contributed by atoms with Gasteiger partial charge in [-0.25, -0.2) is 0 Å². The van der Waals surface area contributed by atoms with E-state index in [1.54, 1.807) is 12.4 Å². The zero-order valence-corrected chi connectivity index (χ0v) is 9.94. The maximum Gasteiger partial charge on any atom is 0.322 e. The van der Waals surface area contributed by atoms with Gasteiger partial charge in [-0.15, -0.1) is 24.8 Å². The van der Waals surface area contributed by atoms with Crippen molar-refractivity contribution < 1.29 is 9.53 Å². The van der Waals surface area contributed by atoms with Gasteiger partial charge in [0.1, 0.15) is 6.04 Å². The zero-order chi connectivity index (χ0) is 9.68. The van der Waals surface area contributed by atoms with Crippen LogP contribution in [0.25, 0.3) is 0 Å².